The Bertz CT molecular complexity index is 129. The Morgan fingerprint density at radius 2 is 1.58 bits per heavy atom. The summed E-state index contributed by atoms with van der Waals surface area (Å²) < 4.78 is 0. The first-order valence-corrected chi connectivity index (χ1v) is 5.36. The fourth-order valence-corrected chi connectivity index (χ4v) is 2.12. The predicted octanol–water partition coefficient (Wildman–Crippen LogP) is 3.71. The topological polar surface area (TPSA) is 0 Å². The zero-order valence-corrected chi connectivity index (χ0v) is 8.60. The lowest BCUT2D eigenvalue weighted by Gasteiger charge is -2.23. The first kappa shape index (κ1) is 10.1. The van der Waals surface area contributed by atoms with Gasteiger partial charge in [-0.25, -0.2) is 0 Å². The average Bonchev–Trinajstić information content (AvgIpc) is 2.02. The van der Waals surface area contributed by atoms with Crippen LogP contribution in [0.25, 0.3) is 0 Å². The van der Waals surface area contributed by atoms with Gasteiger partial charge in [0.1, 0.15) is 0 Å². The summed E-state index contributed by atoms with van der Waals surface area (Å²) in [7, 11) is 5.96. The van der Waals surface area contributed by atoms with E-state index in [1.165, 1.54) is 44.9 Å². The Morgan fingerprint density at radius 3 is 2.33 bits per heavy atom. The lowest BCUT2D eigenvalue weighted by atomic mass is 9.79. The van der Waals surface area contributed by atoms with Crippen LogP contribution in [0.2, 0.25) is 5.82 Å². The second-order valence-corrected chi connectivity index (χ2v) is 5.06. The highest BCUT2D eigenvalue weighted by Crippen LogP contribution is 2.34. The summed E-state index contributed by atoms with van der Waals surface area (Å²) in [4.78, 5) is 0. The molecule has 1 saturated carbocycles. The highest BCUT2D eigenvalue weighted by molar-refractivity contribution is 6.11. The maximum atomic E-state index is 5.96. The van der Waals surface area contributed by atoms with Crippen molar-refractivity contribution in [3.8, 4) is 0 Å². The molecule has 2 radical (unpaired) electrons. The minimum atomic E-state index is 0.485. The summed E-state index contributed by atoms with van der Waals surface area (Å²) in [6.45, 7) is 4.79. The van der Waals surface area contributed by atoms with E-state index in [4.69, 9.17) is 7.85 Å². The average molecular weight is 164 g/mol. The van der Waals surface area contributed by atoms with Crippen LogP contribution in [0.15, 0.2) is 0 Å². The van der Waals surface area contributed by atoms with Gasteiger partial charge in [0, 0.05) is 0 Å². The van der Waals surface area contributed by atoms with Crippen LogP contribution in [0.3, 0.4) is 0 Å². The van der Waals surface area contributed by atoms with Crippen molar-refractivity contribution >= 4 is 7.85 Å². The molecule has 0 aromatic carbocycles. The van der Waals surface area contributed by atoms with Gasteiger partial charge in [-0.1, -0.05) is 51.8 Å². The van der Waals surface area contributed by atoms with Crippen molar-refractivity contribution in [3.63, 3.8) is 0 Å². The van der Waals surface area contributed by atoms with Gasteiger partial charge in [-0.05, 0) is 18.3 Å². The van der Waals surface area contributed by atoms with Gasteiger partial charge in [0.25, 0.3) is 0 Å². The molecule has 0 spiro atoms. The third-order valence-corrected chi connectivity index (χ3v) is 3.11. The molecule has 68 valence electrons. The maximum absolute atomic E-state index is 5.96. The first-order chi connectivity index (χ1) is 5.60. The minimum absolute atomic E-state index is 0.485. The molecular formula is C11H21B. The van der Waals surface area contributed by atoms with E-state index in [1.54, 1.807) is 0 Å². The summed E-state index contributed by atoms with van der Waals surface area (Å²) in [5, 5.41) is 0. The zero-order chi connectivity index (χ0) is 9.03. The Morgan fingerprint density at radius 1 is 1.00 bits per heavy atom. The molecule has 12 heavy (non-hydrogen) atoms. The lowest BCUT2D eigenvalue weighted by molar-refractivity contribution is 0.293. The summed E-state index contributed by atoms with van der Waals surface area (Å²) in [6, 6.07) is 0. The van der Waals surface area contributed by atoms with Gasteiger partial charge in [-0.3, -0.25) is 0 Å². The summed E-state index contributed by atoms with van der Waals surface area (Å²) in [6.07, 6.45) is 9.28. The SMILES string of the molecule is [B]C1CCCCC(C)(C)CCC1. The van der Waals surface area contributed by atoms with Gasteiger partial charge in [0.05, 0.1) is 7.85 Å². The molecule has 1 unspecified atom stereocenters. The fraction of sp³-hybridized carbons (Fsp3) is 1.00. The van der Waals surface area contributed by atoms with E-state index in [0.717, 1.165) is 0 Å². The summed E-state index contributed by atoms with van der Waals surface area (Å²) >= 11 is 0. The van der Waals surface area contributed by atoms with Gasteiger partial charge in [0.2, 0.25) is 0 Å². The van der Waals surface area contributed by atoms with Crippen molar-refractivity contribution in [2.45, 2.75) is 64.6 Å². The molecule has 0 heterocycles. The van der Waals surface area contributed by atoms with Gasteiger partial charge >= 0.3 is 0 Å². The second kappa shape index (κ2) is 4.34. The summed E-state index contributed by atoms with van der Waals surface area (Å²) in [5.41, 5.74) is 0.573. The van der Waals surface area contributed by atoms with Crippen LogP contribution in [0, 0.1) is 5.41 Å². The van der Waals surface area contributed by atoms with Crippen molar-refractivity contribution in [3.05, 3.63) is 0 Å². The Kier molecular flexibility index (Phi) is 3.67. The Labute approximate surface area is 78.5 Å². The monoisotopic (exact) mass is 164 g/mol. The third kappa shape index (κ3) is 3.64. The fourth-order valence-electron chi connectivity index (χ4n) is 2.12. The molecule has 0 aromatic rings. The van der Waals surface area contributed by atoms with Crippen LogP contribution in [0.4, 0.5) is 0 Å². The van der Waals surface area contributed by atoms with Crippen LogP contribution < -0.4 is 0 Å². The van der Waals surface area contributed by atoms with Gasteiger partial charge in [-0.2, -0.15) is 0 Å². The standard InChI is InChI=1S/C11H21B/c1-11(2)8-4-3-6-10(12)7-5-9-11/h10H,3-9H2,1-2H3. The highest BCUT2D eigenvalue weighted by atomic mass is 14.2. The zero-order valence-electron chi connectivity index (χ0n) is 8.60. The maximum Gasteiger partial charge on any atom is 0.0699 e. The molecule has 0 nitrogen and oxygen atoms in total. The predicted molar refractivity (Wildman–Crippen MR) is 55.6 cm³/mol. The third-order valence-electron chi connectivity index (χ3n) is 3.11. The summed E-state index contributed by atoms with van der Waals surface area (Å²) in [5.74, 6) is 0.485. The van der Waals surface area contributed by atoms with Crippen LogP contribution in [0.5, 0.6) is 0 Å². The van der Waals surface area contributed by atoms with Crippen molar-refractivity contribution in [1.29, 1.82) is 0 Å². The minimum Gasteiger partial charge on any atom is -0.0774 e. The molecule has 0 N–H and O–H groups in total. The van der Waals surface area contributed by atoms with Crippen molar-refractivity contribution in [2.24, 2.45) is 5.41 Å². The molecule has 0 aliphatic heterocycles. The molecular weight excluding hydrogens is 143 g/mol. The van der Waals surface area contributed by atoms with E-state index < -0.39 is 0 Å². The van der Waals surface area contributed by atoms with Crippen LogP contribution >= 0.6 is 0 Å². The number of hydrogen-bond donors (Lipinski definition) is 0. The van der Waals surface area contributed by atoms with E-state index >= 15 is 0 Å². The highest BCUT2D eigenvalue weighted by Gasteiger charge is 2.18. The smallest absolute Gasteiger partial charge is 0.0699 e. The van der Waals surface area contributed by atoms with Gasteiger partial charge in [0.15, 0.2) is 0 Å². The molecule has 0 saturated heterocycles. The van der Waals surface area contributed by atoms with E-state index in [2.05, 4.69) is 13.8 Å². The van der Waals surface area contributed by atoms with Crippen molar-refractivity contribution in [1.82, 2.24) is 0 Å². The first-order valence-electron chi connectivity index (χ1n) is 5.36. The molecule has 1 aliphatic carbocycles. The van der Waals surface area contributed by atoms with Crippen molar-refractivity contribution < 1.29 is 0 Å². The Balaban J connectivity index is 2.37. The van der Waals surface area contributed by atoms with Crippen LogP contribution in [0.1, 0.15) is 58.8 Å². The van der Waals surface area contributed by atoms with Crippen LogP contribution in [-0.4, -0.2) is 7.85 Å². The Hall–Kier alpha value is 0.0649. The normalized spacial score (nSPS) is 31.7. The molecule has 0 bridgehead atoms. The molecule has 0 aromatic heterocycles. The largest absolute Gasteiger partial charge is 0.0774 e. The molecule has 1 heteroatoms. The number of rotatable bonds is 0. The number of hydrogen-bond acceptors (Lipinski definition) is 0. The molecule has 0 amide bonds. The van der Waals surface area contributed by atoms with Crippen LogP contribution in [-0.2, 0) is 0 Å². The molecule has 1 atom stereocenters. The van der Waals surface area contributed by atoms with Crippen molar-refractivity contribution in [2.75, 3.05) is 0 Å². The molecule has 1 aliphatic rings. The second-order valence-electron chi connectivity index (χ2n) is 5.06. The quantitative estimate of drug-likeness (QED) is 0.478. The van der Waals surface area contributed by atoms with E-state index in [0.29, 0.717) is 11.2 Å². The molecule has 1 fully saturated rings. The van der Waals surface area contributed by atoms with E-state index in [1.807, 2.05) is 0 Å². The van der Waals surface area contributed by atoms with Gasteiger partial charge in [-0.15, -0.1) is 0 Å². The van der Waals surface area contributed by atoms with Gasteiger partial charge < -0.3 is 0 Å². The molecule has 1 rings (SSSR count). The van der Waals surface area contributed by atoms with E-state index in [9.17, 15) is 0 Å². The lowest BCUT2D eigenvalue weighted by Crippen LogP contribution is -2.10. The van der Waals surface area contributed by atoms with E-state index in [-0.39, 0.29) is 0 Å².